The van der Waals surface area contributed by atoms with Gasteiger partial charge in [0.15, 0.2) is 0 Å². The number of piperazine rings is 1. The van der Waals surface area contributed by atoms with Crippen LogP contribution in [0.1, 0.15) is 22.9 Å². The first-order chi connectivity index (χ1) is 17.2. The molecule has 0 atom stereocenters. The molecule has 9 nitrogen and oxygen atoms in total. The minimum Gasteiger partial charge on any atom is -0.467 e. The minimum atomic E-state index is -0.414. The third-order valence-corrected chi connectivity index (χ3v) is 6.21. The molecule has 0 aliphatic carbocycles. The van der Waals surface area contributed by atoms with E-state index < -0.39 is 4.92 Å². The molecular weight excluding hydrogens is 444 g/mol. The van der Waals surface area contributed by atoms with Crippen molar-refractivity contribution >= 4 is 17.3 Å². The molecule has 0 radical (unpaired) electrons. The van der Waals surface area contributed by atoms with Crippen molar-refractivity contribution in [3.63, 3.8) is 0 Å². The Morgan fingerprint density at radius 1 is 0.914 bits per heavy atom. The highest BCUT2D eigenvalue weighted by molar-refractivity contribution is 5.70. The highest BCUT2D eigenvalue weighted by Gasteiger charge is 2.32. The van der Waals surface area contributed by atoms with Crippen LogP contribution in [0.4, 0.5) is 17.3 Å². The van der Waals surface area contributed by atoms with Gasteiger partial charge in [0, 0.05) is 26.2 Å². The summed E-state index contributed by atoms with van der Waals surface area (Å²) in [5.74, 6) is 1.19. The van der Waals surface area contributed by atoms with Crippen LogP contribution in [0.25, 0.3) is 0 Å². The molecule has 0 bridgehead atoms. The maximum Gasteiger partial charge on any atom is 0.353 e. The fourth-order valence-corrected chi connectivity index (χ4v) is 4.56. The van der Waals surface area contributed by atoms with Gasteiger partial charge in [-0.1, -0.05) is 60.7 Å². The lowest BCUT2D eigenvalue weighted by atomic mass is 9.96. The van der Waals surface area contributed by atoms with Crippen molar-refractivity contribution in [2.24, 2.45) is 0 Å². The number of aromatic nitrogens is 2. The van der Waals surface area contributed by atoms with Gasteiger partial charge >= 0.3 is 5.69 Å². The van der Waals surface area contributed by atoms with Gasteiger partial charge in [0.1, 0.15) is 12.1 Å². The van der Waals surface area contributed by atoms with Crippen molar-refractivity contribution in [2.75, 3.05) is 36.4 Å². The number of rotatable bonds is 8. The van der Waals surface area contributed by atoms with Gasteiger partial charge in [0.25, 0.3) is 0 Å². The Kier molecular flexibility index (Phi) is 6.67. The number of benzene rings is 2. The quantitative estimate of drug-likeness (QED) is 0.297. The summed E-state index contributed by atoms with van der Waals surface area (Å²) in [5, 5.41) is 15.0. The van der Waals surface area contributed by atoms with E-state index in [1.807, 2.05) is 17.0 Å². The summed E-state index contributed by atoms with van der Waals surface area (Å²) in [6, 6.07) is 24.6. The molecule has 0 unspecified atom stereocenters. The number of hydrogen-bond acceptors (Lipinski definition) is 8. The van der Waals surface area contributed by atoms with Gasteiger partial charge in [-0.15, -0.1) is 0 Å². The van der Waals surface area contributed by atoms with Gasteiger partial charge < -0.3 is 14.6 Å². The van der Waals surface area contributed by atoms with Gasteiger partial charge in [-0.2, -0.15) is 0 Å². The molecule has 2 aromatic carbocycles. The van der Waals surface area contributed by atoms with Gasteiger partial charge in [0.05, 0.1) is 23.8 Å². The van der Waals surface area contributed by atoms with Gasteiger partial charge in [-0.3, -0.25) is 15.0 Å². The number of nitro groups is 1. The van der Waals surface area contributed by atoms with Crippen LogP contribution in [0.15, 0.2) is 89.8 Å². The SMILES string of the molecule is O=[N+]([O-])c1c(NCc2ccco2)ncnc1N1CCN(C(c2ccccc2)c2ccccc2)CC1. The topological polar surface area (TPSA) is 101 Å². The summed E-state index contributed by atoms with van der Waals surface area (Å²) in [6.45, 7) is 3.01. The molecule has 1 N–H and O–H groups in total. The smallest absolute Gasteiger partial charge is 0.353 e. The van der Waals surface area contributed by atoms with Crippen molar-refractivity contribution in [1.29, 1.82) is 0 Å². The highest BCUT2D eigenvalue weighted by Crippen LogP contribution is 2.34. The van der Waals surface area contributed by atoms with E-state index >= 15 is 0 Å². The average molecular weight is 471 g/mol. The van der Waals surface area contributed by atoms with Crippen molar-refractivity contribution < 1.29 is 9.34 Å². The maximum absolute atomic E-state index is 12.0. The Morgan fingerprint density at radius 3 is 2.14 bits per heavy atom. The molecule has 1 aliphatic heterocycles. The molecule has 178 valence electrons. The summed E-state index contributed by atoms with van der Waals surface area (Å²) >= 11 is 0. The van der Waals surface area contributed by atoms with E-state index in [-0.39, 0.29) is 17.5 Å². The molecule has 3 heterocycles. The summed E-state index contributed by atoms with van der Waals surface area (Å²) in [7, 11) is 0. The molecule has 4 aromatic rings. The van der Waals surface area contributed by atoms with E-state index in [9.17, 15) is 10.1 Å². The van der Waals surface area contributed by atoms with Crippen molar-refractivity contribution in [3.8, 4) is 0 Å². The van der Waals surface area contributed by atoms with Crippen LogP contribution >= 0.6 is 0 Å². The summed E-state index contributed by atoms with van der Waals surface area (Å²) < 4.78 is 5.32. The molecule has 35 heavy (non-hydrogen) atoms. The Bertz CT molecular complexity index is 1200. The molecule has 0 saturated carbocycles. The van der Waals surface area contributed by atoms with E-state index in [0.717, 1.165) is 13.1 Å². The zero-order valence-electron chi connectivity index (χ0n) is 19.2. The maximum atomic E-state index is 12.0. The van der Waals surface area contributed by atoms with Gasteiger partial charge in [-0.25, -0.2) is 9.97 Å². The van der Waals surface area contributed by atoms with Crippen LogP contribution < -0.4 is 10.2 Å². The zero-order valence-corrected chi connectivity index (χ0v) is 19.2. The van der Waals surface area contributed by atoms with Crippen LogP contribution in [0.5, 0.6) is 0 Å². The fraction of sp³-hybridized carbons (Fsp3) is 0.231. The Labute approximate surface area is 203 Å². The Balaban J connectivity index is 1.36. The number of hydrogen-bond donors (Lipinski definition) is 1. The molecule has 9 heteroatoms. The van der Waals surface area contributed by atoms with Crippen LogP contribution in [-0.2, 0) is 6.54 Å². The number of furan rings is 1. The second kappa shape index (κ2) is 10.4. The van der Waals surface area contributed by atoms with Crippen LogP contribution in [-0.4, -0.2) is 46.0 Å². The van der Waals surface area contributed by atoms with Gasteiger partial charge in [-0.05, 0) is 23.3 Å². The van der Waals surface area contributed by atoms with Crippen molar-refractivity contribution in [3.05, 3.63) is 112 Å². The summed E-state index contributed by atoms with van der Waals surface area (Å²) in [4.78, 5) is 24.4. The van der Waals surface area contributed by atoms with Crippen LogP contribution in [0.2, 0.25) is 0 Å². The standard InChI is InChI=1S/C26H26N6O3/c33-32(34)24-25(27-18-22-12-7-17-35-22)28-19-29-26(24)31-15-13-30(14-16-31)23(20-8-3-1-4-9-20)21-10-5-2-6-11-21/h1-12,17,19,23H,13-16,18H2,(H,27,28,29). The molecule has 1 saturated heterocycles. The van der Waals surface area contributed by atoms with Crippen molar-refractivity contribution in [2.45, 2.75) is 12.6 Å². The molecular formula is C26H26N6O3. The predicted molar refractivity (Wildman–Crippen MR) is 133 cm³/mol. The lowest BCUT2D eigenvalue weighted by Gasteiger charge is -2.40. The summed E-state index contributed by atoms with van der Waals surface area (Å²) in [6.07, 6.45) is 2.93. The van der Waals surface area contributed by atoms with E-state index in [2.05, 4.69) is 68.7 Å². The molecule has 0 spiro atoms. The number of nitrogens with one attached hydrogen (secondary N) is 1. The number of nitrogens with zero attached hydrogens (tertiary/aromatic N) is 5. The Hall–Kier alpha value is -4.24. The zero-order chi connectivity index (χ0) is 24.0. The first kappa shape index (κ1) is 22.5. The van der Waals surface area contributed by atoms with Gasteiger partial charge in [0.2, 0.25) is 11.6 Å². The van der Waals surface area contributed by atoms with E-state index in [1.54, 1.807) is 18.4 Å². The van der Waals surface area contributed by atoms with E-state index in [1.165, 1.54) is 17.5 Å². The van der Waals surface area contributed by atoms with Crippen LogP contribution in [0, 0.1) is 10.1 Å². The molecule has 1 fully saturated rings. The largest absolute Gasteiger partial charge is 0.467 e. The Morgan fingerprint density at radius 2 is 1.57 bits per heavy atom. The first-order valence-corrected chi connectivity index (χ1v) is 11.6. The fourth-order valence-electron chi connectivity index (χ4n) is 4.56. The molecule has 0 amide bonds. The molecule has 1 aliphatic rings. The lowest BCUT2D eigenvalue weighted by Crippen LogP contribution is -2.48. The second-order valence-corrected chi connectivity index (χ2v) is 8.33. The average Bonchev–Trinajstić information content (AvgIpc) is 3.43. The summed E-state index contributed by atoms with van der Waals surface area (Å²) in [5.41, 5.74) is 2.34. The lowest BCUT2D eigenvalue weighted by molar-refractivity contribution is -0.383. The molecule has 2 aromatic heterocycles. The number of anilines is 2. The minimum absolute atomic E-state index is 0.116. The monoisotopic (exact) mass is 470 g/mol. The van der Waals surface area contributed by atoms with E-state index in [4.69, 9.17) is 4.42 Å². The predicted octanol–water partition coefficient (Wildman–Crippen LogP) is 4.50. The second-order valence-electron chi connectivity index (χ2n) is 8.33. The normalized spacial score (nSPS) is 14.3. The third kappa shape index (κ3) is 4.99. The molecule has 5 rings (SSSR count). The van der Waals surface area contributed by atoms with Crippen molar-refractivity contribution in [1.82, 2.24) is 14.9 Å². The highest BCUT2D eigenvalue weighted by atomic mass is 16.6. The first-order valence-electron chi connectivity index (χ1n) is 11.6. The van der Waals surface area contributed by atoms with Crippen LogP contribution in [0.3, 0.4) is 0 Å². The van der Waals surface area contributed by atoms with E-state index in [0.29, 0.717) is 31.2 Å². The third-order valence-electron chi connectivity index (χ3n) is 6.21.